The number of hydrogen-bond donors (Lipinski definition) is 2. The van der Waals surface area contributed by atoms with Crippen molar-refractivity contribution in [2.24, 2.45) is 0 Å². The van der Waals surface area contributed by atoms with E-state index >= 15 is 0 Å². The normalized spacial score (nSPS) is 15.7. The minimum atomic E-state index is -0.0393. The highest BCUT2D eigenvalue weighted by Crippen LogP contribution is 2.37. The second kappa shape index (κ2) is 8.04. The summed E-state index contributed by atoms with van der Waals surface area (Å²) in [6, 6.07) is 25.1. The van der Waals surface area contributed by atoms with Crippen LogP contribution >= 0.6 is 11.8 Å². The second-order valence-corrected chi connectivity index (χ2v) is 8.99. The van der Waals surface area contributed by atoms with Gasteiger partial charge in [0, 0.05) is 15.8 Å². The van der Waals surface area contributed by atoms with Crippen molar-refractivity contribution in [1.29, 1.82) is 0 Å². The first kappa shape index (κ1) is 19.0. The Labute approximate surface area is 180 Å². The summed E-state index contributed by atoms with van der Waals surface area (Å²) in [7, 11) is 0. The van der Waals surface area contributed by atoms with Crippen molar-refractivity contribution in [2.75, 3.05) is 0 Å². The SMILES string of the molecule is Cc1ccc(Sc2c(C(=O)NC3CCCc4ccccc43)[nH]c3ccccc23)cc1. The van der Waals surface area contributed by atoms with E-state index in [1.165, 1.54) is 16.7 Å². The van der Waals surface area contributed by atoms with Crippen molar-refractivity contribution >= 4 is 28.6 Å². The van der Waals surface area contributed by atoms with Gasteiger partial charge in [-0.15, -0.1) is 0 Å². The molecule has 0 radical (unpaired) electrons. The minimum absolute atomic E-state index is 0.0393. The smallest absolute Gasteiger partial charge is 0.269 e. The quantitative estimate of drug-likeness (QED) is 0.405. The molecule has 1 heterocycles. The lowest BCUT2D eigenvalue weighted by atomic mass is 9.87. The molecule has 0 aliphatic heterocycles. The molecule has 1 aromatic heterocycles. The predicted octanol–water partition coefficient (Wildman–Crippen LogP) is 6.43. The number of para-hydroxylation sites is 1. The third kappa shape index (κ3) is 3.63. The van der Waals surface area contributed by atoms with E-state index < -0.39 is 0 Å². The van der Waals surface area contributed by atoms with Gasteiger partial charge >= 0.3 is 0 Å². The molecule has 4 aromatic rings. The summed E-state index contributed by atoms with van der Waals surface area (Å²) in [5.41, 5.74) is 5.46. The van der Waals surface area contributed by atoms with E-state index in [9.17, 15) is 4.79 Å². The van der Waals surface area contributed by atoms with Crippen molar-refractivity contribution in [2.45, 2.75) is 42.0 Å². The molecule has 0 saturated heterocycles. The Kier molecular flexibility index (Phi) is 5.09. The molecule has 1 aliphatic carbocycles. The fraction of sp³-hybridized carbons (Fsp3) is 0.192. The van der Waals surface area contributed by atoms with Crippen molar-refractivity contribution in [1.82, 2.24) is 10.3 Å². The van der Waals surface area contributed by atoms with Gasteiger partial charge in [-0.25, -0.2) is 0 Å². The molecule has 1 unspecified atom stereocenters. The Bertz CT molecular complexity index is 1210. The van der Waals surface area contributed by atoms with E-state index in [0.29, 0.717) is 5.69 Å². The monoisotopic (exact) mass is 412 g/mol. The van der Waals surface area contributed by atoms with E-state index in [0.717, 1.165) is 40.0 Å². The number of aryl methyl sites for hydroxylation is 2. The molecular weight excluding hydrogens is 388 g/mol. The molecule has 1 aliphatic rings. The highest BCUT2D eigenvalue weighted by atomic mass is 32.2. The maximum absolute atomic E-state index is 13.4. The highest BCUT2D eigenvalue weighted by molar-refractivity contribution is 7.99. The van der Waals surface area contributed by atoms with E-state index in [1.807, 2.05) is 18.2 Å². The molecule has 150 valence electrons. The first-order valence-corrected chi connectivity index (χ1v) is 11.2. The summed E-state index contributed by atoms with van der Waals surface area (Å²) in [6.45, 7) is 2.08. The summed E-state index contributed by atoms with van der Waals surface area (Å²) in [6.07, 6.45) is 3.16. The topological polar surface area (TPSA) is 44.9 Å². The zero-order valence-corrected chi connectivity index (χ0v) is 17.8. The maximum Gasteiger partial charge on any atom is 0.269 e. The average molecular weight is 413 g/mol. The van der Waals surface area contributed by atoms with Gasteiger partial charge in [0.25, 0.3) is 5.91 Å². The predicted molar refractivity (Wildman–Crippen MR) is 123 cm³/mol. The van der Waals surface area contributed by atoms with E-state index in [-0.39, 0.29) is 11.9 Å². The van der Waals surface area contributed by atoms with Gasteiger partial charge < -0.3 is 10.3 Å². The highest BCUT2D eigenvalue weighted by Gasteiger charge is 2.25. The van der Waals surface area contributed by atoms with Crippen LogP contribution in [0.15, 0.2) is 82.6 Å². The molecule has 1 amide bonds. The number of nitrogens with one attached hydrogen (secondary N) is 2. The summed E-state index contributed by atoms with van der Waals surface area (Å²) >= 11 is 1.64. The Balaban J connectivity index is 1.49. The molecule has 3 aromatic carbocycles. The summed E-state index contributed by atoms with van der Waals surface area (Å²) in [4.78, 5) is 18.9. The maximum atomic E-state index is 13.4. The molecule has 30 heavy (non-hydrogen) atoms. The van der Waals surface area contributed by atoms with Gasteiger partial charge in [0.05, 0.1) is 10.9 Å². The molecule has 3 nitrogen and oxygen atoms in total. The van der Waals surface area contributed by atoms with Gasteiger partial charge in [-0.3, -0.25) is 4.79 Å². The van der Waals surface area contributed by atoms with Crippen LogP contribution in [0.5, 0.6) is 0 Å². The Hall–Kier alpha value is -2.98. The number of fused-ring (bicyclic) bond motifs is 2. The third-order valence-corrected chi connectivity index (χ3v) is 6.94. The standard InChI is InChI=1S/C26H24N2OS/c1-17-13-15-19(16-14-17)30-25-21-10-4-5-11-23(21)27-24(25)26(29)28-22-12-6-8-18-7-2-3-9-20(18)22/h2-5,7,9-11,13-16,22,27H,6,8,12H2,1H3,(H,28,29). The van der Waals surface area contributed by atoms with Gasteiger partial charge in [-0.1, -0.05) is 71.9 Å². The van der Waals surface area contributed by atoms with Crippen LogP contribution in [-0.2, 0) is 6.42 Å². The van der Waals surface area contributed by atoms with E-state index in [2.05, 4.69) is 71.8 Å². The number of aromatic amines is 1. The second-order valence-electron chi connectivity index (χ2n) is 7.91. The Morgan fingerprint density at radius 1 is 1.00 bits per heavy atom. The summed E-state index contributed by atoms with van der Waals surface area (Å²) in [5, 5.41) is 4.38. The van der Waals surface area contributed by atoms with Crippen LogP contribution in [0.4, 0.5) is 0 Å². The molecule has 1 atom stereocenters. The fourth-order valence-electron chi connectivity index (χ4n) is 4.24. The van der Waals surface area contributed by atoms with Gasteiger partial charge in [0.1, 0.15) is 5.69 Å². The van der Waals surface area contributed by atoms with E-state index in [1.54, 1.807) is 11.8 Å². The molecule has 4 heteroatoms. The largest absolute Gasteiger partial charge is 0.350 e. The Morgan fingerprint density at radius 2 is 1.77 bits per heavy atom. The number of H-pyrrole nitrogens is 1. The lowest BCUT2D eigenvalue weighted by molar-refractivity contribution is 0.0925. The van der Waals surface area contributed by atoms with E-state index in [4.69, 9.17) is 0 Å². The lowest BCUT2D eigenvalue weighted by Gasteiger charge is -2.26. The minimum Gasteiger partial charge on any atom is -0.350 e. The van der Waals surface area contributed by atoms with Crippen LogP contribution in [-0.4, -0.2) is 10.9 Å². The molecule has 0 spiro atoms. The first-order chi connectivity index (χ1) is 14.7. The lowest BCUT2D eigenvalue weighted by Crippen LogP contribution is -2.31. The van der Waals surface area contributed by atoms with Gasteiger partial charge in [0.15, 0.2) is 0 Å². The number of hydrogen-bond acceptors (Lipinski definition) is 2. The first-order valence-electron chi connectivity index (χ1n) is 10.4. The molecule has 0 fully saturated rings. The average Bonchev–Trinajstić information content (AvgIpc) is 3.14. The summed E-state index contributed by atoms with van der Waals surface area (Å²) < 4.78 is 0. The fourth-order valence-corrected chi connectivity index (χ4v) is 5.28. The number of carbonyl (C=O) groups is 1. The zero-order chi connectivity index (χ0) is 20.5. The molecule has 0 saturated carbocycles. The van der Waals surface area contributed by atoms with Crippen LogP contribution < -0.4 is 5.32 Å². The number of benzene rings is 3. The number of carbonyl (C=O) groups excluding carboxylic acids is 1. The number of amides is 1. The van der Waals surface area contributed by atoms with Crippen molar-refractivity contribution in [3.8, 4) is 0 Å². The Morgan fingerprint density at radius 3 is 2.63 bits per heavy atom. The number of aromatic nitrogens is 1. The van der Waals surface area contributed by atoms with Crippen LogP contribution in [0, 0.1) is 6.92 Å². The third-order valence-electron chi connectivity index (χ3n) is 5.80. The molecule has 2 N–H and O–H groups in total. The van der Waals surface area contributed by atoms with Gasteiger partial charge in [0.2, 0.25) is 0 Å². The zero-order valence-electron chi connectivity index (χ0n) is 16.9. The number of rotatable bonds is 4. The molecular formula is C26H24N2OS. The van der Waals surface area contributed by atoms with Crippen LogP contribution in [0.1, 0.15) is 46.1 Å². The summed E-state index contributed by atoms with van der Waals surface area (Å²) in [5.74, 6) is -0.0393. The van der Waals surface area contributed by atoms with Crippen LogP contribution in [0.25, 0.3) is 10.9 Å². The van der Waals surface area contributed by atoms with Crippen LogP contribution in [0.3, 0.4) is 0 Å². The van der Waals surface area contributed by atoms with Gasteiger partial charge in [-0.2, -0.15) is 0 Å². The van der Waals surface area contributed by atoms with Crippen molar-refractivity contribution in [3.05, 3.63) is 95.2 Å². The van der Waals surface area contributed by atoms with Crippen molar-refractivity contribution in [3.63, 3.8) is 0 Å². The molecule has 0 bridgehead atoms. The molecule has 5 rings (SSSR count). The van der Waals surface area contributed by atoms with Crippen molar-refractivity contribution < 1.29 is 4.79 Å². The van der Waals surface area contributed by atoms with Gasteiger partial charge in [-0.05, 0) is 55.5 Å². The van der Waals surface area contributed by atoms with Crippen LogP contribution in [0.2, 0.25) is 0 Å².